The van der Waals surface area contributed by atoms with Crippen molar-refractivity contribution < 1.29 is 14.3 Å². The number of rotatable bonds is 4. The summed E-state index contributed by atoms with van der Waals surface area (Å²) in [6, 6.07) is 22.0. The van der Waals surface area contributed by atoms with Crippen molar-refractivity contribution in [2.75, 3.05) is 0 Å². The van der Waals surface area contributed by atoms with E-state index in [9.17, 15) is 9.59 Å². The first-order valence-electron chi connectivity index (χ1n) is 9.71. The lowest BCUT2D eigenvalue weighted by Gasteiger charge is -2.05. The van der Waals surface area contributed by atoms with Crippen molar-refractivity contribution in [3.63, 3.8) is 0 Å². The number of carbonyl (C=O) groups is 2. The van der Waals surface area contributed by atoms with Crippen LogP contribution >= 0.6 is 11.8 Å². The molecule has 0 spiro atoms. The predicted octanol–water partition coefficient (Wildman–Crippen LogP) is 5.41. The van der Waals surface area contributed by atoms with Crippen LogP contribution in [0.3, 0.4) is 0 Å². The molecule has 1 aliphatic heterocycles. The maximum Gasteiger partial charge on any atom is 0.343 e. The van der Waals surface area contributed by atoms with Gasteiger partial charge in [0, 0.05) is 0 Å². The van der Waals surface area contributed by atoms with E-state index in [1.54, 1.807) is 36.4 Å². The largest absolute Gasteiger partial charge is 0.423 e. The fraction of sp³-hybridized carbons (Fsp3) is 0.0800. The van der Waals surface area contributed by atoms with E-state index in [1.807, 2.05) is 56.3 Å². The highest BCUT2D eigenvalue weighted by atomic mass is 32.2. The highest BCUT2D eigenvalue weighted by Gasteiger charge is 2.23. The molecule has 1 N–H and O–H groups in total. The smallest absolute Gasteiger partial charge is 0.343 e. The topological polar surface area (TPSA) is 67.8 Å². The van der Waals surface area contributed by atoms with Gasteiger partial charge in [0.05, 0.1) is 16.2 Å². The number of hydrogen-bond acceptors (Lipinski definition) is 5. The average molecular weight is 429 g/mol. The molecule has 31 heavy (non-hydrogen) atoms. The maximum absolute atomic E-state index is 12.3. The highest BCUT2D eigenvalue weighted by Crippen LogP contribution is 2.29. The minimum absolute atomic E-state index is 0.210. The number of carbonyl (C=O) groups excluding carboxylic acids is 2. The van der Waals surface area contributed by atoms with Gasteiger partial charge < -0.3 is 10.1 Å². The van der Waals surface area contributed by atoms with Crippen LogP contribution in [0.2, 0.25) is 0 Å². The van der Waals surface area contributed by atoms with E-state index in [2.05, 4.69) is 10.3 Å². The third-order valence-electron chi connectivity index (χ3n) is 4.57. The second kappa shape index (κ2) is 9.02. The van der Waals surface area contributed by atoms with Crippen LogP contribution in [0.25, 0.3) is 6.08 Å². The molecule has 3 aromatic rings. The third kappa shape index (κ3) is 5.29. The molecule has 154 valence electrons. The number of amidine groups is 1. The lowest BCUT2D eigenvalue weighted by Crippen LogP contribution is -2.19. The normalized spacial score (nSPS) is 15.9. The monoisotopic (exact) mass is 428 g/mol. The van der Waals surface area contributed by atoms with E-state index >= 15 is 0 Å². The Balaban J connectivity index is 1.48. The Labute approximate surface area is 184 Å². The zero-order chi connectivity index (χ0) is 21.8. The summed E-state index contributed by atoms with van der Waals surface area (Å²) in [6.07, 6.45) is 1.75. The van der Waals surface area contributed by atoms with Gasteiger partial charge >= 0.3 is 5.97 Å². The lowest BCUT2D eigenvalue weighted by atomic mass is 10.1. The molecule has 1 aliphatic rings. The van der Waals surface area contributed by atoms with Crippen molar-refractivity contribution in [1.29, 1.82) is 0 Å². The Morgan fingerprint density at radius 1 is 0.968 bits per heavy atom. The van der Waals surface area contributed by atoms with Crippen LogP contribution in [0.5, 0.6) is 5.75 Å². The standard InChI is InChI=1S/C25H20N2O3S/c1-16-6-10-19(11-7-16)24(29)30-21-5-3-4-18(14-21)15-22-23(28)27-25(31-22)26-20-12-8-17(2)9-13-20/h3-15H,1-2H3,(H,26,27,28)/b22-15-. The third-order valence-corrected chi connectivity index (χ3v) is 5.48. The second-order valence-corrected chi connectivity index (χ2v) is 8.18. The van der Waals surface area contributed by atoms with Gasteiger partial charge in [-0.2, -0.15) is 0 Å². The van der Waals surface area contributed by atoms with Crippen LogP contribution in [-0.2, 0) is 4.79 Å². The molecule has 0 saturated carbocycles. The van der Waals surface area contributed by atoms with E-state index in [0.29, 0.717) is 21.4 Å². The number of nitrogens with one attached hydrogen (secondary N) is 1. The van der Waals surface area contributed by atoms with E-state index in [1.165, 1.54) is 11.8 Å². The lowest BCUT2D eigenvalue weighted by molar-refractivity contribution is -0.115. The number of aliphatic imine (C=N–C) groups is 1. The molecule has 0 bridgehead atoms. The summed E-state index contributed by atoms with van der Waals surface area (Å²) in [5.41, 5.74) is 4.23. The molecule has 0 radical (unpaired) electrons. The number of nitrogens with zero attached hydrogens (tertiary/aromatic N) is 1. The Kier molecular flexibility index (Phi) is 6.00. The van der Waals surface area contributed by atoms with Crippen LogP contribution in [-0.4, -0.2) is 17.0 Å². The Bertz CT molecular complexity index is 1200. The Morgan fingerprint density at radius 3 is 2.35 bits per heavy atom. The van der Waals surface area contributed by atoms with Crippen LogP contribution < -0.4 is 10.1 Å². The molecule has 5 nitrogen and oxygen atoms in total. The zero-order valence-electron chi connectivity index (χ0n) is 17.1. The Hall–Kier alpha value is -3.64. The van der Waals surface area contributed by atoms with Crippen LogP contribution in [0.4, 0.5) is 5.69 Å². The van der Waals surface area contributed by atoms with Gasteiger partial charge in [-0.3, -0.25) is 4.79 Å². The van der Waals surface area contributed by atoms with Crippen LogP contribution in [0.1, 0.15) is 27.0 Å². The van der Waals surface area contributed by atoms with Gasteiger partial charge in [0.25, 0.3) is 5.91 Å². The summed E-state index contributed by atoms with van der Waals surface area (Å²) in [4.78, 5) is 29.7. The fourth-order valence-electron chi connectivity index (χ4n) is 2.89. The molecule has 1 heterocycles. The molecule has 4 rings (SSSR count). The summed E-state index contributed by atoms with van der Waals surface area (Å²) in [5, 5.41) is 3.31. The van der Waals surface area contributed by atoms with Crippen LogP contribution in [0, 0.1) is 13.8 Å². The average Bonchev–Trinajstić information content (AvgIpc) is 3.09. The number of ether oxygens (including phenoxy) is 1. The van der Waals surface area contributed by atoms with E-state index in [0.717, 1.165) is 22.4 Å². The van der Waals surface area contributed by atoms with Crippen molar-refractivity contribution in [3.05, 3.63) is 100.0 Å². The first-order valence-corrected chi connectivity index (χ1v) is 10.5. The number of benzene rings is 3. The molecule has 1 amide bonds. The summed E-state index contributed by atoms with van der Waals surface area (Å²) < 4.78 is 5.48. The Morgan fingerprint density at radius 2 is 1.65 bits per heavy atom. The van der Waals surface area contributed by atoms with E-state index < -0.39 is 5.97 Å². The van der Waals surface area contributed by atoms with Gasteiger partial charge in [0.15, 0.2) is 5.17 Å². The van der Waals surface area contributed by atoms with Gasteiger partial charge in [0.1, 0.15) is 5.75 Å². The van der Waals surface area contributed by atoms with Crippen molar-refractivity contribution in [3.8, 4) is 5.75 Å². The predicted molar refractivity (Wildman–Crippen MR) is 125 cm³/mol. The van der Waals surface area contributed by atoms with Crippen molar-refractivity contribution in [2.24, 2.45) is 4.99 Å². The van der Waals surface area contributed by atoms with Crippen molar-refractivity contribution >= 4 is 40.6 Å². The molecular formula is C25H20N2O3S. The van der Waals surface area contributed by atoms with Gasteiger partial charge in [-0.1, -0.05) is 47.5 Å². The number of esters is 1. The summed E-state index contributed by atoms with van der Waals surface area (Å²) >= 11 is 1.27. The van der Waals surface area contributed by atoms with E-state index in [4.69, 9.17) is 4.74 Å². The molecular weight excluding hydrogens is 408 g/mol. The van der Waals surface area contributed by atoms with Crippen LogP contribution in [0.15, 0.2) is 82.7 Å². The number of hydrogen-bond donors (Lipinski definition) is 1. The van der Waals surface area contributed by atoms with Gasteiger partial charge in [0.2, 0.25) is 0 Å². The highest BCUT2D eigenvalue weighted by molar-refractivity contribution is 8.18. The van der Waals surface area contributed by atoms with Crippen molar-refractivity contribution in [1.82, 2.24) is 5.32 Å². The maximum atomic E-state index is 12.3. The summed E-state index contributed by atoms with van der Waals surface area (Å²) in [7, 11) is 0. The molecule has 1 saturated heterocycles. The van der Waals surface area contributed by atoms with Gasteiger partial charge in [-0.25, -0.2) is 9.79 Å². The minimum Gasteiger partial charge on any atom is -0.423 e. The minimum atomic E-state index is -0.426. The van der Waals surface area contributed by atoms with Crippen molar-refractivity contribution in [2.45, 2.75) is 13.8 Å². The molecule has 6 heteroatoms. The van der Waals surface area contributed by atoms with Gasteiger partial charge in [-0.05, 0) is 73.6 Å². The first kappa shape index (κ1) is 20.6. The molecule has 1 fully saturated rings. The molecule has 0 aliphatic carbocycles. The first-order chi connectivity index (χ1) is 15.0. The summed E-state index contributed by atoms with van der Waals surface area (Å²) in [5.74, 6) is -0.222. The number of thioether (sulfide) groups is 1. The quantitative estimate of drug-likeness (QED) is 0.343. The second-order valence-electron chi connectivity index (χ2n) is 7.15. The fourth-order valence-corrected chi connectivity index (χ4v) is 3.73. The van der Waals surface area contributed by atoms with E-state index in [-0.39, 0.29) is 5.91 Å². The molecule has 0 atom stereocenters. The number of amides is 1. The van der Waals surface area contributed by atoms with Gasteiger partial charge in [-0.15, -0.1) is 0 Å². The summed E-state index contributed by atoms with van der Waals surface area (Å²) in [6.45, 7) is 3.97. The SMILES string of the molecule is Cc1ccc(N=C2NC(=O)/C(=C/c3cccc(OC(=O)c4ccc(C)cc4)c3)S2)cc1. The number of aryl methyl sites for hydroxylation is 2. The molecule has 0 unspecified atom stereocenters. The molecule has 0 aromatic heterocycles. The zero-order valence-corrected chi connectivity index (χ0v) is 17.9. The molecule has 3 aromatic carbocycles.